The Morgan fingerprint density at radius 3 is 2.26 bits per heavy atom. The summed E-state index contributed by atoms with van der Waals surface area (Å²) in [5, 5.41) is 9.93. The molecule has 27 heavy (non-hydrogen) atoms. The second-order valence-corrected chi connectivity index (χ2v) is 7.11. The highest BCUT2D eigenvalue weighted by Gasteiger charge is 2.12. The first-order valence-electron chi connectivity index (χ1n) is 8.36. The number of anilines is 1. The molecule has 1 N–H and O–H groups in total. The van der Waals surface area contributed by atoms with Gasteiger partial charge in [0.25, 0.3) is 0 Å². The summed E-state index contributed by atoms with van der Waals surface area (Å²) < 4.78 is 5.79. The molecule has 0 bridgehead atoms. The fraction of sp³-hybridized carbons (Fsp3) is 0.316. The first-order valence-corrected chi connectivity index (χ1v) is 10.2. The Balaban J connectivity index is 2.31. The summed E-state index contributed by atoms with van der Waals surface area (Å²) in [5.74, 6) is 1.57. The van der Waals surface area contributed by atoms with E-state index in [9.17, 15) is 5.11 Å². The van der Waals surface area contributed by atoms with Crippen molar-refractivity contribution < 1.29 is 9.84 Å². The van der Waals surface area contributed by atoms with Crippen molar-refractivity contribution in [3.8, 4) is 11.5 Å². The minimum Gasteiger partial charge on any atom is -0.505 e. The maximum absolute atomic E-state index is 9.63. The molecule has 0 spiro atoms. The summed E-state index contributed by atoms with van der Waals surface area (Å²) in [4.78, 5) is 6.46. The van der Waals surface area contributed by atoms with Crippen molar-refractivity contribution in [2.24, 2.45) is 4.99 Å². The maximum Gasteiger partial charge on any atom is 0.152 e. The topological polar surface area (TPSA) is 45.1 Å². The molecule has 0 aliphatic carbocycles. The van der Waals surface area contributed by atoms with Crippen LogP contribution < -0.4 is 9.64 Å². The lowest BCUT2D eigenvalue weighted by molar-refractivity contribution is 0.340. The lowest BCUT2D eigenvalue weighted by Gasteiger charge is -2.25. The predicted octanol–water partition coefficient (Wildman–Crippen LogP) is 6.13. The number of hydrogen-bond donors (Lipinski definition) is 1. The van der Waals surface area contributed by atoms with Gasteiger partial charge >= 0.3 is 0 Å². The average molecular weight is 450 g/mol. The molecular weight excluding hydrogens is 430 g/mol. The quantitative estimate of drug-likeness (QED) is 0.369. The van der Waals surface area contributed by atoms with E-state index in [-0.39, 0.29) is 15.8 Å². The van der Waals surface area contributed by atoms with E-state index in [1.165, 1.54) is 0 Å². The highest BCUT2D eigenvalue weighted by atomic mass is 35.5. The fourth-order valence-electron chi connectivity index (χ4n) is 2.48. The van der Waals surface area contributed by atoms with Crippen LogP contribution in [-0.4, -0.2) is 42.8 Å². The number of benzene rings is 2. The minimum absolute atomic E-state index is 0.151. The third-order valence-corrected chi connectivity index (χ3v) is 4.61. The predicted molar refractivity (Wildman–Crippen MR) is 117 cm³/mol. The van der Waals surface area contributed by atoms with Gasteiger partial charge in [-0.15, -0.1) is 23.2 Å². The van der Waals surface area contributed by atoms with Gasteiger partial charge in [0.2, 0.25) is 0 Å². The van der Waals surface area contributed by atoms with Crippen molar-refractivity contribution in [3.63, 3.8) is 0 Å². The second-order valence-electron chi connectivity index (χ2n) is 5.54. The van der Waals surface area contributed by atoms with Gasteiger partial charge in [-0.05, 0) is 36.8 Å². The lowest BCUT2D eigenvalue weighted by atomic mass is 10.2. The minimum atomic E-state index is -0.154. The zero-order valence-electron chi connectivity index (χ0n) is 14.8. The first kappa shape index (κ1) is 22.0. The third kappa shape index (κ3) is 6.08. The zero-order chi connectivity index (χ0) is 19.8. The van der Waals surface area contributed by atoms with Crippen LogP contribution in [0.1, 0.15) is 12.5 Å². The number of phenols is 1. The number of phenolic OH excluding ortho intramolecular Hbond substituents is 1. The number of aromatic hydroxyl groups is 1. The number of hydrogen-bond acceptors (Lipinski definition) is 4. The van der Waals surface area contributed by atoms with E-state index in [0.29, 0.717) is 37.1 Å². The fourth-order valence-corrected chi connectivity index (χ4v) is 3.36. The van der Waals surface area contributed by atoms with Gasteiger partial charge in [0, 0.05) is 31.1 Å². The molecule has 4 nitrogen and oxygen atoms in total. The normalized spacial score (nSPS) is 11.1. The molecule has 0 amide bonds. The lowest BCUT2D eigenvalue weighted by Crippen LogP contribution is -2.28. The Morgan fingerprint density at radius 2 is 1.70 bits per heavy atom. The van der Waals surface area contributed by atoms with Gasteiger partial charge in [-0.3, -0.25) is 4.99 Å². The molecule has 0 unspecified atom stereocenters. The van der Waals surface area contributed by atoms with Crippen molar-refractivity contribution in [1.29, 1.82) is 0 Å². The van der Waals surface area contributed by atoms with E-state index in [0.717, 1.165) is 17.0 Å². The molecule has 8 heteroatoms. The van der Waals surface area contributed by atoms with E-state index in [1.54, 1.807) is 18.3 Å². The Morgan fingerprint density at radius 1 is 1.07 bits per heavy atom. The number of halogens is 4. The van der Waals surface area contributed by atoms with E-state index in [1.807, 2.05) is 25.1 Å². The highest BCUT2D eigenvalue weighted by molar-refractivity contribution is 6.37. The van der Waals surface area contributed by atoms with Gasteiger partial charge in [0.05, 0.1) is 28.0 Å². The van der Waals surface area contributed by atoms with E-state index >= 15 is 0 Å². The molecule has 0 saturated carbocycles. The first-order chi connectivity index (χ1) is 13.0. The Hall–Kier alpha value is -1.33. The number of rotatable bonds is 9. The molecule has 0 heterocycles. The van der Waals surface area contributed by atoms with Crippen molar-refractivity contribution in [2.75, 3.05) is 36.4 Å². The summed E-state index contributed by atoms with van der Waals surface area (Å²) >= 11 is 23.7. The zero-order valence-corrected chi connectivity index (χ0v) is 17.8. The molecule has 2 rings (SSSR count). The third-order valence-electron chi connectivity index (χ3n) is 3.70. The molecule has 0 aliphatic rings. The van der Waals surface area contributed by atoms with Crippen LogP contribution in [0.5, 0.6) is 11.5 Å². The maximum atomic E-state index is 9.63. The monoisotopic (exact) mass is 448 g/mol. The van der Waals surface area contributed by atoms with Crippen LogP contribution in [0.3, 0.4) is 0 Å². The van der Waals surface area contributed by atoms with E-state index in [4.69, 9.17) is 51.1 Å². The van der Waals surface area contributed by atoms with E-state index in [2.05, 4.69) is 9.89 Å². The van der Waals surface area contributed by atoms with E-state index < -0.39 is 0 Å². The largest absolute Gasteiger partial charge is 0.505 e. The molecule has 2 aromatic carbocycles. The summed E-state index contributed by atoms with van der Waals surface area (Å²) in [5.41, 5.74) is 2.32. The molecule has 0 fully saturated rings. The van der Waals surface area contributed by atoms with Crippen molar-refractivity contribution in [2.45, 2.75) is 6.92 Å². The molecule has 0 radical (unpaired) electrons. The van der Waals surface area contributed by atoms with Crippen LogP contribution in [-0.2, 0) is 0 Å². The molecule has 0 atom stereocenters. The number of aliphatic imine (C=N–C) groups is 1. The van der Waals surface area contributed by atoms with Crippen LogP contribution in [0.4, 0.5) is 11.4 Å². The van der Waals surface area contributed by atoms with Gasteiger partial charge in [0.1, 0.15) is 5.75 Å². The van der Waals surface area contributed by atoms with Crippen LogP contribution in [0.25, 0.3) is 0 Å². The molecule has 146 valence electrons. The summed E-state index contributed by atoms with van der Waals surface area (Å²) in [7, 11) is 0. The smallest absolute Gasteiger partial charge is 0.152 e. The van der Waals surface area contributed by atoms with Gasteiger partial charge in [0.15, 0.2) is 5.75 Å². The Labute approximate surface area is 179 Å². The average Bonchev–Trinajstić information content (AvgIpc) is 2.64. The van der Waals surface area contributed by atoms with Crippen LogP contribution in [0, 0.1) is 0 Å². The molecule has 0 aliphatic heterocycles. The van der Waals surface area contributed by atoms with Gasteiger partial charge in [-0.25, -0.2) is 0 Å². The summed E-state index contributed by atoms with van der Waals surface area (Å²) in [6.07, 6.45) is 1.68. The second kappa shape index (κ2) is 10.9. The molecule has 0 aromatic heterocycles. The standard InChI is InChI=1S/C19H20Cl4N2O2/c1-2-27-18-9-13(3-4-17(18)25(7-5-20)8-6-21)12-24-14-10-15(22)19(26)16(23)11-14/h3-4,9-12,26H,2,5-8H2,1H3. The number of ether oxygens (including phenoxy) is 1. The van der Waals surface area contributed by atoms with Crippen molar-refractivity contribution in [1.82, 2.24) is 0 Å². The summed E-state index contributed by atoms with van der Waals surface area (Å²) in [6, 6.07) is 8.88. The van der Waals surface area contributed by atoms with Crippen molar-refractivity contribution in [3.05, 3.63) is 45.9 Å². The number of nitrogens with zero attached hydrogens (tertiary/aromatic N) is 2. The van der Waals surface area contributed by atoms with Gasteiger partial charge < -0.3 is 14.7 Å². The Bertz CT molecular complexity index is 770. The van der Waals surface area contributed by atoms with Crippen LogP contribution >= 0.6 is 46.4 Å². The molecule has 0 saturated heterocycles. The Kier molecular flexibility index (Phi) is 8.84. The SMILES string of the molecule is CCOc1cc(C=Nc2cc(Cl)c(O)c(Cl)c2)ccc1N(CCCl)CCCl. The summed E-state index contributed by atoms with van der Waals surface area (Å²) in [6.45, 7) is 3.81. The van der Waals surface area contributed by atoms with Crippen LogP contribution in [0.15, 0.2) is 35.3 Å². The highest BCUT2D eigenvalue weighted by Crippen LogP contribution is 2.36. The van der Waals surface area contributed by atoms with Gasteiger partial charge in [-0.2, -0.15) is 0 Å². The van der Waals surface area contributed by atoms with Gasteiger partial charge in [-0.1, -0.05) is 29.3 Å². The van der Waals surface area contributed by atoms with Crippen LogP contribution in [0.2, 0.25) is 10.0 Å². The molecule has 2 aromatic rings. The number of alkyl halides is 2. The van der Waals surface area contributed by atoms with Crippen molar-refractivity contribution >= 4 is 64.0 Å². The molecular formula is C19H20Cl4N2O2.